The van der Waals surface area contributed by atoms with Gasteiger partial charge in [-0.1, -0.05) is 40.9 Å². The van der Waals surface area contributed by atoms with E-state index >= 15 is 0 Å². The second kappa shape index (κ2) is 7.03. The zero-order chi connectivity index (χ0) is 15.4. The van der Waals surface area contributed by atoms with E-state index in [1.807, 2.05) is 13.0 Å². The Morgan fingerprint density at radius 2 is 1.81 bits per heavy atom. The molecule has 0 unspecified atom stereocenters. The van der Waals surface area contributed by atoms with Crippen molar-refractivity contribution in [1.29, 1.82) is 0 Å². The van der Waals surface area contributed by atoms with E-state index in [-0.39, 0.29) is 12.5 Å². The molecule has 6 heteroatoms. The molecule has 2 aromatic carbocycles. The van der Waals surface area contributed by atoms with E-state index in [1.165, 1.54) is 0 Å². The van der Waals surface area contributed by atoms with Crippen molar-refractivity contribution in [1.82, 2.24) is 0 Å². The molecular weight excluding hydrogens is 331 g/mol. The monoisotopic (exact) mass is 342 g/mol. The van der Waals surface area contributed by atoms with Crippen molar-refractivity contribution in [3.63, 3.8) is 0 Å². The number of hydrogen-bond acceptors (Lipinski definition) is 2. The number of carbonyl (C=O) groups is 1. The van der Waals surface area contributed by atoms with Crippen molar-refractivity contribution >= 4 is 52.1 Å². The van der Waals surface area contributed by atoms with Crippen LogP contribution in [0.5, 0.6) is 0 Å². The molecule has 0 aliphatic carbocycles. The molecule has 0 heterocycles. The third-order valence-corrected chi connectivity index (χ3v) is 3.82. The fourth-order valence-electron chi connectivity index (χ4n) is 1.71. The number of halogens is 3. The average Bonchev–Trinajstić information content (AvgIpc) is 2.44. The van der Waals surface area contributed by atoms with Crippen LogP contribution in [-0.4, -0.2) is 12.5 Å². The first-order chi connectivity index (χ1) is 9.95. The molecule has 0 saturated carbocycles. The van der Waals surface area contributed by atoms with Gasteiger partial charge in [0.15, 0.2) is 0 Å². The molecule has 0 aromatic heterocycles. The standard InChI is InChI=1S/C15H13Cl3N2O/c1-9-2-3-10(16)6-14(9)20-15(21)8-19-11-4-5-12(17)13(18)7-11/h2-7,19H,8H2,1H3,(H,20,21). The second-order valence-electron chi connectivity index (χ2n) is 4.49. The normalized spacial score (nSPS) is 10.3. The van der Waals surface area contributed by atoms with Gasteiger partial charge in [0.25, 0.3) is 0 Å². The van der Waals surface area contributed by atoms with Gasteiger partial charge in [0.1, 0.15) is 0 Å². The van der Waals surface area contributed by atoms with Gasteiger partial charge in [0.05, 0.1) is 16.6 Å². The lowest BCUT2D eigenvalue weighted by Crippen LogP contribution is -2.22. The highest BCUT2D eigenvalue weighted by Crippen LogP contribution is 2.25. The summed E-state index contributed by atoms with van der Waals surface area (Å²) < 4.78 is 0. The van der Waals surface area contributed by atoms with Gasteiger partial charge < -0.3 is 10.6 Å². The predicted molar refractivity (Wildman–Crippen MR) is 89.8 cm³/mol. The number of benzene rings is 2. The first-order valence-electron chi connectivity index (χ1n) is 6.20. The van der Waals surface area contributed by atoms with E-state index in [9.17, 15) is 4.79 Å². The van der Waals surface area contributed by atoms with Gasteiger partial charge in [-0.2, -0.15) is 0 Å². The third kappa shape index (κ3) is 4.53. The van der Waals surface area contributed by atoms with Crippen LogP contribution in [0.2, 0.25) is 15.1 Å². The van der Waals surface area contributed by atoms with Crippen molar-refractivity contribution in [2.24, 2.45) is 0 Å². The Morgan fingerprint density at radius 1 is 1.05 bits per heavy atom. The van der Waals surface area contributed by atoms with E-state index in [2.05, 4.69) is 10.6 Å². The molecule has 0 saturated heterocycles. The highest BCUT2D eigenvalue weighted by molar-refractivity contribution is 6.42. The number of aryl methyl sites for hydroxylation is 1. The number of amides is 1. The topological polar surface area (TPSA) is 41.1 Å². The molecule has 0 aliphatic rings. The minimum absolute atomic E-state index is 0.115. The Labute approximate surface area is 138 Å². The summed E-state index contributed by atoms with van der Waals surface area (Å²) in [5.41, 5.74) is 2.37. The molecule has 0 radical (unpaired) electrons. The first-order valence-corrected chi connectivity index (χ1v) is 7.34. The molecule has 0 atom stereocenters. The summed E-state index contributed by atoms with van der Waals surface area (Å²) in [6.07, 6.45) is 0. The average molecular weight is 344 g/mol. The number of rotatable bonds is 4. The van der Waals surface area contributed by atoms with Crippen LogP contribution in [0.15, 0.2) is 36.4 Å². The van der Waals surface area contributed by atoms with Gasteiger partial charge in [-0.3, -0.25) is 4.79 Å². The van der Waals surface area contributed by atoms with Gasteiger partial charge >= 0.3 is 0 Å². The van der Waals surface area contributed by atoms with Crippen molar-refractivity contribution in [2.45, 2.75) is 6.92 Å². The van der Waals surface area contributed by atoms with Crippen LogP contribution >= 0.6 is 34.8 Å². The lowest BCUT2D eigenvalue weighted by atomic mass is 10.2. The maximum atomic E-state index is 11.9. The molecule has 110 valence electrons. The number of carbonyl (C=O) groups excluding carboxylic acids is 1. The van der Waals surface area contributed by atoms with Crippen molar-refractivity contribution in [3.05, 3.63) is 57.0 Å². The third-order valence-electron chi connectivity index (χ3n) is 2.85. The molecule has 1 amide bonds. The summed E-state index contributed by atoms with van der Waals surface area (Å²) >= 11 is 17.7. The van der Waals surface area contributed by atoms with Crippen LogP contribution in [0, 0.1) is 6.92 Å². The molecule has 2 N–H and O–H groups in total. The number of anilines is 2. The van der Waals surface area contributed by atoms with Crippen LogP contribution in [-0.2, 0) is 4.79 Å². The zero-order valence-electron chi connectivity index (χ0n) is 11.2. The Morgan fingerprint density at radius 3 is 2.52 bits per heavy atom. The number of hydrogen-bond donors (Lipinski definition) is 2. The van der Waals surface area contributed by atoms with Gasteiger partial charge in [0, 0.05) is 16.4 Å². The van der Waals surface area contributed by atoms with E-state index in [0.29, 0.717) is 20.8 Å². The smallest absolute Gasteiger partial charge is 0.243 e. The SMILES string of the molecule is Cc1ccc(Cl)cc1NC(=O)CNc1ccc(Cl)c(Cl)c1. The van der Waals surface area contributed by atoms with E-state index in [1.54, 1.807) is 30.3 Å². The molecule has 2 rings (SSSR count). The fraction of sp³-hybridized carbons (Fsp3) is 0.133. The summed E-state index contributed by atoms with van der Waals surface area (Å²) in [7, 11) is 0. The van der Waals surface area contributed by atoms with Crippen molar-refractivity contribution < 1.29 is 4.79 Å². The van der Waals surface area contributed by atoms with Crippen molar-refractivity contribution in [2.75, 3.05) is 17.2 Å². The summed E-state index contributed by atoms with van der Waals surface area (Å²) in [6.45, 7) is 2.02. The minimum Gasteiger partial charge on any atom is -0.376 e. The van der Waals surface area contributed by atoms with E-state index in [0.717, 1.165) is 11.3 Å². The molecule has 2 aromatic rings. The molecule has 0 bridgehead atoms. The highest BCUT2D eigenvalue weighted by Gasteiger charge is 2.06. The summed E-state index contributed by atoms with van der Waals surface area (Å²) in [5, 5.41) is 7.27. The first kappa shape index (κ1) is 16.0. The molecule has 0 spiro atoms. The number of nitrogens with one attached hydrogen (secondary N) is 2. The Balaban J connectivity index is 1.95. The Bertz CT molecular complexity index is 674. The summed E-state index contributed by atoms with van der Waals surface area (Å²) in [5.74, 6) is -0.175. The molecule has 0 fully saturated rings. The quantitative estimate of drug-likeness (QED) is 0.819. The maximum Gasteiger partial charge on any atom is 0.243 e. The summed E-state index contributed by atoms with van der Waals surface area (Å²) in [4.78, 5) is 11.9. The van der Waals surface area contributed by atoms with Crippen LogP contribution in [0.3, 0.4) is 0 Å². The van der Waals surface area contributed by atoms with Gasteiger partial charge in [-0.15, -0.1) is 0 Å². The predicted octanol–water partition coefficient (Wildman–Crippen LogP) is 5.01. The zero-order valence-corrected chi connectivity index (χ0v) is 13.5. The highest BCUT2D eigenvalue weighted by atomic mass is 35.5. The fourth-order valence-corrected chi connectivity index (χ4v) is 2.18. The lowest BCUT2D eigenvalue weighted by Gasteiger charge is -2.10. The minimum atomic E-state index is -0.175. The van der Waals surface area contributed by atoms with E-state index in [4.69, 9.17) is 34.8 Å². The van der Waals surface area contributed by atoms with E-state index < -0.39 is 0 Å². The van der Waals surface area contributed by atoms with Gasteiger partial charge in [-0.25, -0.2) is 0 Å². The molecular formula is C15H13Cl3N2O. The maximum absolute atomic E-state index is 11.9. The second-order valence-corrected chi connectivity index (χ2v) is 5.74. The lowest BCUT2D eigenvalue weighted by molar-refractivity contribution is -0.114. The Kier molecular flexibility index (Phi) is 5.34. The van der Waals surface area contributed by atoms with Gasteiger partial charge in [0.2, 0.25) is 5.91 Å². The molecule has 21 heavy (non-hydrogen) atoms. The molecule has 3 nitrogen and oxygen atoms in total. The van der Waals surface area contributed by atoms with Crippen LogP contribution in [0.25, 0.3) is 0 Å². The van der Waals surface area contributed by atoms with Crippen LogP contribution in [0.1, 0.15) is 5.56 Å². The van der Waals surface area contributed by atoms with Gasteiger partial charge in [-0.05, 0) is 42.8 Å². The van der Waals surface area contributed by atoms with Crippen LogP contribution in [0.4, 0.5) is 11.4 Å². The summed E-state index contributed by atoms with van der Waals surface area (Å²) in [6, 6.07) is 10.4. The Hall–Kier alpha value is -1.42. The van der Waals surface area contributed by atoms with Crippen molar-refractivity contribution in [3.8, 4) is 0 Å². The molecule has 0 aliphatic heterocycles. The largest absolute Gasteiger partial charge is 0.376 e. The van der Waals surface area contributed by atoms with Crippen LogP contribution < -0.4 is 10.6 Å².